The lowest BCUT2D eigenvalue weighted by Crippen LogP contribution is -2.07. The molecule has 3 rings (SSSR count). The molecule has 0 unspecified atom stereocenters. The first kappa shape index (κ1) is 16.9. The van der Waals surface area contributed by atoms with E-state index in [9.17, 15) is 18.5 Å². The topological polar surface area (TPSA) is 89.3 Å². The summed E-state index contributed by atoms with van der Waals surface area (Å²) in [6.45, 7) is 0.404. The number of hydrogen-bond acceptors (Lipinski definition) is 5. The van der Waals surface area contributed by atoms with Crippen molar-refractivity contribution in [2.75, 3.05) is 11.6 Å². The Morgan fingerprint density at radius 1 is 1.04 bits per heavy atom. The van der Waals surface area contributed by atoms with Crippen LogP contribution in [0.2, 0.25) is 0 Å². The standard InChI is InChI=1S/C18H16N2O4S/c1-25(23,24)18-11-15(20(21)22)9-10-17(18)19-12-14-7-4-6-13-5-2-3-8-16(13)14/h2-11,19H,12H2,1H3. The summed E-state index contributed by atoms with van der Waals surface area (Å²) in [5.74, 6) is 0. The number of nitrogens with one attached hydrogen (secondary N) is 1. The Kier molecular flexibility index (Phi) is 4.41. The van der Waals surface area contributed by atoms with Gasteiger partial charge in [-0.15, -0.1) is 0 Å². The minimum Gasteiger partial charge on any atom is -0.380 e. The number of fused-ring (bicyclic) bond motifs is 1. The van der Waals surface area contributed by atoms with Crippen LogP contribution in [0.25, 0.3) is 10.8 Å². The average molecular weight is 356 g/mol. The first-order valence-corrected chi connectivity index (χ1v) is 9.44. The number of nitro groups is 1. The number of benzene rings is 3. The number of nitro benzene ring substituents is 1. The first-order chi connectivity index (χ1) is 11.9. The number of rotatable bonds is 5. The summed E-state index contributed by atoms with van der Waals surface area (Å²) < 4.78 is 24.0. The van der Waals surface area contributed by atoms with Gasteiger partial charge in [0.2, 0.25) is 0 Å². The fraction of sp³-hybridized carbons (Fsp3) is 0.111. The van der Waals surface area contributed by atoms with Crippen molar-refractivity contribution in [3.8, 4) is 0 Å². The molecule has 0 aliphatic carbocycles. The van der Waals surface area contributed by atoms with Crippen LogP contribution in [-0.4, -0.2) is 19.6 Å². The van der Waals surface area contributed by atoms with Gasteiger partial charge in [0.25, 0.3) is 5.69 Å². The Bertz CT molecular complexity index is 1060. The molecule has 0 aromatic heterocycles. The van der Waals surface area contributed by atoms with E-state index in [1.165, 1.54) is 12.1 Å². The van der Waals surface area contributed by atoms with Crippen LogP contribution >= 0.6 is 0 Å². The van der Waals surface area contributed by atoms with E-state index in [1.807, 2.05) is 42.5 Å². The van der Waals surface area contributed by atoms with E-state index in [0.29, 0.717) is 12.2 Å². The first-order valence-electron chi connectivity index (χ1n) is 7.55. The maximum atomic E-state index is 12.0. The number of nitrogens with zero attached hydrogens (tertiary/aromatic N) is 1. The van der Waals surface area contributed by atoms with Crippen LogP contribution in [0.1, 0.15) is 5.56 Å². The molecule has 3 aromatic rings. The zero-order valence-corrected chi connectivity index (χ0v) is 14.3. The van der Waals surface area contributed by atoms with E-state index in [1.54, 1.807) is 0 Å². The maximum absolute atomic E-state index is 12.0. The third-order valence-electron chi connectivity index (χ3n) is 3.92. The highest BCUT2D eigenvalue weighted by atomic mass is 32.2. The van der Waals surface area contributed by atoms with Crippen molar-refractivity contribution in [3.05, 3.63) is 76.3 Å². The molecule has 0 fully saturated rings. The molecule has 0 aliphatic heterocycles. The van der Waals surface area contributed by atoms with Gasteiger partial charge in [-0.05, 0) is 22.4 Å². The second-order valence-corrected chi connectivity index (χ2v) is 7.69. The Hall–Kier alpha value is -2.93. The van der Waals surface area contributed by atoms with Gasteiger partial charge in [0.1, 0.15) is 0 Å². The molecule has 0 saturated heterocycles. The van der Waals surface area contributed by atoms with Crippen molar-refractivity contribution < 1.29 is 13.3 Å². The van der Waals surface area contributed by atoms with Crippen molar-refractivity contribution >= 4 is 32.0 Å². The molecule has 0 saturated carbocycles. The summed E-state index contributed by atoms with van der Waals surface area (Å²) in [7, 11) is -3.60. The van der Waals surface area contributed by atoms with Gasteiger partial charge in [-0.1, -0.05) is 42.5 Å². The minimum absolute atomic E-state index is 0.0815. The largest absolute Gasteiger partial charge is 0.380 e. The van der Waals surface area contributed by atoms with Gasteiger partial charge >= 0.3 is 0 Å². The van der Waals surface area contributed by atoms with E-state index in [0.717, 1.165) is 28.7 Å². The van der Waals surface area contributed by atoms with E-state index in [-0.39, 0.29) is 10.6 Å². The highest BCUT2D eigenvalue weighted by Crippen LogP contribution is 2.27. The van der Waals surface area contributed by atoms with Crippen LogP contribution < -0.4 is 5.32 Å². The van der Waals surface area contributed by atoms with E-state index in [4.69, 9.17) is 0 Å². The van der Waals surface area contributed by atoms with Gasteiger partial charge in [-0.2, -0.15) is 0 Å². The lowest BCUT2D eigenvalue weighted by atomic mass is 10.0. The van der Waals surface area contributed by atoms with E-state index in [2.05, 4.69) is 5.32 Å². The SMILES string of the molecule is CS(=O)(=O)c1cc([N+](=O)[O-])ccc1NCc1cccc2ccccc12. The van der Waals surface area contributed by atoms with Crippen LogP contribution in [0.3, 0.4) is 0 Å². The molecule has 0 spiro atoms. The third-order valence-corrected chi connectivity index (χ3v) is 5.06. The molecule has 0 radical (unpaired) electrons. The van der Waals surface area contributed by atoms with Gasteiger partial charge in [0.05, 0.1) is 15.5 Å². The Morgan fingerprint density at radius 3 is 2.48 bits per heavy atom. The molecule has 0 amide bonds. The van der Waals surface area contributed by atoms with Crippen LogP contribution in [0.4, 0.5) is 11.4 Å². The minimum atomic E-state index is -3.60. The third kappa shape index (κ3) is 3.61. The monoisotopic (exact) mass is 356 g/mol. The molecular formula is C18H16N2O4S. The lowest BCUT2D eigenvalue weighted by Gasteiger charge is -2.12. The fourth-order valence-corrected chi connectivity index (χ4v) is 3.59. The predicted molar refractivity (Wildman–Crippen MR) is 97.5 cm³/mol. The second kappa shape index (κ2) is 6.52. The van der Waals surface area contributed by atoms with E-state index >= 15 is 0 Å². The molecule has 1 N–H and O–H groups in total. The molecule has 0 bridgehead atoms. The zero-order chi connectivity index (χ0) is 18.0. The Morgan fingerprint density at radius 2 is 1.76 bits per heavy atom. The summed E-state index contributed by atoms with van der Waals surface area (Å²) in [6.07, 6.45) is 1.04. The van der Waals surface area contributed by atoms with Crippen molar-refractivity contribution in [2.45, 2.75) is 11.4 Å². The van der Waals surface area contributed by atoms with Gasteiger partial charge in [0.15, 0.2) is 9.84 Å². The molecule has 0 aliphatic rings. The van der Waals surface area contributed by atoms with Gasteiger partial charge in [0, 0.05) is 24.9 Å². The highest BCUT2D eigenvalue weighted by Gasteiger charge is 2.18. The highest BCUT2D eigenvalue weighted by molar-refractivity contribution is 7.90. The smallest absolute Gasteiger partial charge is 0.270 e. The van der Waals surface area contributed by atoms with Gasteiger partial charge in [-0.3, -0.25) is 10.1 Å². The average Bonchev–Trinajstić information content (AvgIpc) is 2.59. The van der Waals surface area contributed by atoms with Crippen LogP contribution in [0.15, 0.2) is 65.6 Å². The fourth-order valence-electron chi connectivity index (χ4n) is 2.71. The molecule has 3 aromatic carbocycles. The number of anilines is 1. The molecular weight excluding hydrogens is 340 g/mol. The van der Waals surface area contributed by atoms with Crippen LogP contribution in [-0.2, 0) is 16.4 Å². The zero-order valence-electron chi connectivity index (χ0n) is 13.5. The quantitative estimate of drug-likeness (QED) is 0.555. The molecule has 25 heavy (non-hydrogen) atoms. The summed E-state index contributed by atoms with van der Waals surface area (Å²) in [4.78, 5) is 10.2. The van der Waals surface area contributed by atoms with Crippen LogP contribution in [0.5, 0.6) is 0 Å². The molecule has 0 atom stereocenters. The lowest BCUT2D eigenvalue weighted by molar-refractivity contribution is -0.385. The van der Waals surface area contributed by atoms with E-state index < -0.39 is 14.8 Å². The van der Waals surface area contributed by atoms with Gasteiger partial charge in [-0.25, -0.2) is 8.42 Å². The summed E-state index contributed by atoms with van der Waals surface area (Å²) >= 11 is 0. The predicted octanol–water partition coefficient (Wildman–Crippen LogP) is 3.76. The van der Waals surface area contributed by atoms with Crippen molar-refractivity contribution in [1.29, 1.82) is 0 Å². The molecule has 7 heteroatoms. The van der Waals surface area contributed by atoms with Crippen molar-refractivity contribution in [1.82, 2.24) is 0 Å². The van der Waals surface area contributed by atoms with Gasteiger partial charge < -0.3 is 5.32 Å². The summed E-state index contributed by atoms with van der Waals surface area (Å²) in [5.41, 5.74) is 1.10. The number of non-ortho nitro benzene ring substituents is 1. The second-order valence-electron chi connectivity index (χ2n) is 5.70. The Balaban J connectivity index is 1.96. The summed E-state index contributed by atoms with van der Waals surface area (Å²) in [6, 6.07) is 17.6. The molecule has 6 nitrogen and oxygen atoms in total. The van der Waals surface area contributed by atoms with Crippen molar-refractivity contribution in [3.63, 3.8) is 0 Å². The normalized spacial score (nSPS) is 11.4. The van der Waals surface area contributed by atoms with Crippen molar-refractivity contribution in [2.24, 2.45) is 0 Å². The number of sulfone groups is 1. The maximum Gasteiger partial charge on any atom is 0.270 e. The summed E-state index contributed by atoms with van der Waals surface area (Å²) in [5, 5.41) is 16.2. The molecule has 0 heterocycles. The molecule has 128 valence electrons. The number of hydrogen-bond donors (Lipinski definition) is 1. The Labute approximate surface area is 145 Å². The van der Waals surface area contributed by atoms with Crippen LogP contribution in [0, 0.1) is 10.1 Å².